The van der Waals surface area contributed by atoms with Crippen molar-refractivity contribution in [1.82, 2.24) is 4.90 Å². The molecule has 0 radical (unpaired) electrons. The maximum atomic E-state index is 12.1. The van der Waals surface area contributed by atoms with Crippen molar-refractivity contribution in [2.45, 2.75) is 6.92 Å². The van der Waals surface area contributed by atoms with E-state index in [-0.39, 0.29) is 11.7 Å². The molecule has 0 spiro atoms. The molecular formula is C12H15NO3. The summed E-state index contributed by atoms with van der Waals surface area (Å²) in [7, 11) is 0. The monoisotopic (exact) mass is 221 g/mol. The molecule has 1 aliphatic heterocycles. The minimum atomic E-state index is -0.0308. The zero-order valence-electron chi connectivity index (χ0n) is 9.27. The van der Waals surface area contributed by atoms with E-state index in [1.54, 1.807) is 30.0 Å². The van der Waals surface area contributed by atoms with Crippen LogP contribution in [-0.2, 0) is 4.74 Å². The molecule has 1 aromatic rings. The van der Waals surface area contributed by atoms with Gasteiger partial charge in [0.05, 0.1) is 13.2 Å². The highest BCUT2D eigenvalue weighted by atomic mass is 16.5. The summed E-state index contributed by atoms with van der Waals surface area (Å²) in [5.74, 6) is 0.135. The van der Waals surface area contributed by atoms with Gasteiger partial charge in [-0.25, -0.2) is 0 Å². The Morgan fingerprint density at radius 3 is 2.75 bits per heavy atom. The van der Waals surface area contributed by atoms with E-state index in [9.17, 15) is 9.90 Å². The van der Waals surface area contributed by atoms with Gasteiger partial charge in [-0.3, -0.25) is 4.79 Å². The average Bonchev–Trinajstić information content (AvgIpc) is 2.33. The summed E-state index contributed by atoms with van der Waals surface area (Å²) < 4.78 is 5.20. The van der Waals surface area contributed by atoms with Crippen LogP contribution in [0, 0.1) is 6.92 Å². The minimum Gasteiger partial charge on any atom is -0.508 e. The van der Waals surface area contributed by atoms with Crippen molar-refractivity contribution in [3.63, 3.8) is 0 Å². The molecule has 1 saturated heterocycles. The zero-order valence-corrected chi connectivity index (χ0v) is 9.27. The number of nitrogens with zero attached hydrogens (tertiary/aromatic N) is 1. The number of aromatic hydroxyl groups is 1. The van der Waals surface area contributed by atoms with Crippen LogP contribution < -0.4 is 0 Å². The fraction of sp³-hybridized carbons (Fsp3) is 0.417. The minimum absolute atomic E-state index is 0.0308. The van der Waals surface area contributed by atoms with Crippen LogP contribution in [0.2, 0.25) is 0 Å². The highest BCUT2D eigenvalue weighted by Gasteiger charge is 2.20. The number of phenolic OH excluding ortho intramolecular Hbond substituents is 1. The van der Waals surface area contributed by atoms with E-state index in [2.05, 4.69) is 0 Å². The van der Waals surface area contributed by atoms with E-state index in [1.807, 2.05) is 0 Å². The Hall–Kier alpha value is -1.55. The normalized spacial score (nSPS) is 16.2. The fourth-order valence-corrected chi connectivity index (χ4v) is 1.79. The second-order valence-electron chi connectivity index (χ2n) is 3.85. The Labute approximate surface area is 94.4 Å². The van der Waals surface area contributed by atoms with E-state index >= 15 is 0 Å². The Bertz CT molecular complexity index is 397. The maximum Gasteiger partial charge on any atom is 0.254 e. The van der Waals surface area contributed by atoms with Crippen LogP contribution in [0.25, 0.3) is 0 Å². The molecule has 0 aliphatic carbocycles. The van der Waals surface area contributed by atoms with Crippen molar-refractivity contribution in [2.24, 2.45) is 0 Å². The number of amides is 1. The largest absolute Gasteiger partial charge is 0.508 e. The highest BCUT2D eigenvalue weighted by Crippen LogP contribution is 2.21. The molecule has 1 heterocycles. The third-order valence-electron chi connectivity index (χ3n) is 2.83. The fourth-order valence-electron chi connectivity index (χ4n) is 1.79. The number of rotatable bonds is 1. The summed E-state index contributed by atoms with van der Waals surface area (Å²) in [4.78, 5) is 13.9. The third-order valence-corrected chi connectivity index (χ3v) is 2.83. The van der Waals surface area contributed by atoms with Gasteiger partial charge in [-0.05, 0) is 19.1 Å². The van der Waals surface area contributed by atoms with Crippen molar-refractivity contribution in [1.29, 1.82) is 0 Å². The molecule has 1 fully saturated rings. The number of phenols is 1. The number of carbonyl (C=O) groups excluding carboxylic acids is 1. The zero-order chi connectivity index (χ0) is 11.5. The Kier molecular flexibility index (Phi) is 3.10. The second-order valence-corrected chi connectivity index (χ2v) is 3.85. The molecule has 4 heteroatoms. The molecule has 0 aromatic heterocycles. The summed E-state index contributed by atoms with van der Waals surface area (Å²) >= 11 is 0. The van der Waals surface area contributed by atoms with E-state index < -0.39 is 0 Å². The molecular weight excluding hydrogens is 206 g/mol. The van der Waals surface area contributed by atoms with E-state index in [0.29, 0.717) is 37.4 Å². The second kappa shape index (κ2) is 4.53. The molecule has 0 unspecified atom stereocenters. The smallest absolute Gasteiger partial charge is 0.254 e. The van der Waals surface area contributed by atoms with Crippen molar-refractivity contribution >= 4 is 5.91 Å². The van der Waals surface area contributed by atoms with Crippen LogP contribution in [0.1, 0.15) is 15.9 Å². The first-order valence-corrected chi connectivity index (χ1v) is 5.36. The van der Waals surface area contributed by atoms with Crippen LogP contribution in [0.15, 0.2) is 18.2 Å². The van der Waals surface area contributed by atoms with Gasteiger partial charge in [0.1, 0.15) is 5.75 Å². The number of hydrogen-bond donors (Lipinski definition) is 1. The van der Waals surface area contributed by atoms with Gasteiger partial charge in [0.15, 0.2) is 0 Å². The summed E-state index contributed by atoms with van der Waals surface area (Å²) in [6.07, 6.45) is 0. The molecule has 1 amide bonds. The quantitative estimate of drug-likeness (QED) is 0.774. The predicted octanol–water partition coefficient (Wildman–Crippen LogP) is 1.17. The molecule has 4 nitrogen and oxygen atoms in total. The third kappa shape index (κ3) is 2.02. The highest BCUT2D eigenvalue weighted by molar-refractivity contribution is 5.96. The first kappa shape index (κ1) is 11.0. The van der Waals surface area contributed by atoms with Gasteiger partial charge >= 0.3 is 0 Å². The lowest BCUT2D eigenvalue weighted by molar-refractivity contribution is 0.0302. The predicted molar refractivity (Wildman–Crippen MR) is 59.6 cm³/mol. The molecule has 0 bridgehead atoms. The molecule has 0 atom stereocenters. The van der Waals surface area contributed by atoms with E-state index in [4.69, 9.17) is 4.74 Å². The van der Waals surface area contributed by atoms with Gasteiger partial charge in [0, 0.05) is 24.2 Å². The molecule has 2 rings (SSSR count). The first-order valence-electron chi connectivity index (χ1n) is 5.36. The van der Waals surface area contributed by atoms with E-state index in [0.717, 1.165) is 0 Å². The molecule has 1 aliphatic rings. The molecule has 1 N–H and O–H groups in total. The van der Waals surface area contributed by atoms with Crippen LogP contribution in [0.4, 0.5) is 0 Å². The van der Waals surface area contributed by atoms with Crippen LogP contribution >= 0.6 is 0 Å². The van der Waals surface area contributed by atoms with E-state index in [1.165, 1.54) is 0 Å². The van der Waals surface area contributed by atoms with Crippen molar-refractivity contribution in [2.75, 3.05) is 26.3 Å². The summed E-state index contributed by atoms with van der Waals surface area (Å²) in [6.45, 7) is 4.16. The molecule has 16 heavy (non-hydrogen) atoms. The summed E-state index contributed by atoms with van der Waals surface area (Å²) in [6, 6.07) is 5.02. The average molecular weight is 221 g/mol. The van der Waals surface area contributed by atoms with Crippen LogP contribution in [-0.4, -0.2) is 42.2 Å². The van der Waals surface area contributed by atoms with Gasteiger partial charge in [-0.1, -0.05) is 6.07 Å². The first-order chi connectivity index (χ1) is 7.70. The lowest BCUT2D eigenvalue weighted by Crippen LogP contribution is -2.40. The summed E-state index contributed by atoms with van der Waals surface area (Å²) in [5.41, 5.74) is 1.21. The lowest BCUT2D eigenvalue weighted by Gasteiger charge is -2.27. The van der Waals surface area contributed by atoms with Crippen molar-refractivity contribution < 1.29 is 14.6 Å². The maximum absolute atomic E-state index is 12.1. The Balaban J connectivity index is 2.22. The van der Waals surface area contributed by atoms with Crippen molar-refractivity contribution in [3.8, 4) is 5.75 Å². The summed E-state index contributed by atoms with van der Waals surface area (Å²) in [5, 5.41) is 9.55. The van der Waals surface area contributed by atoms with Gasteiger partial charge in [-0.15, -0.1) is 0 Å². The number of hydrogen-bond acceptors (Lipinski definition) is 3. The van der Waals surface area contributed by atoms with Gasteiger partial charge in [0.25, 0.3) is 5.91 Å². The molecule has 0 saturated carbocycles. The van der Waals surface area contributed by atoms with Crippen LogP contribution in [0.5, 0.6) is 5.75 Å². The number of benzene rings is 1. The van der Waals surface area contributed by atoms with Gasteiger partial charge in [0.2, 0.25) is 0 Å². The molecule has 1 aromatic carbocycles. The molecule has 86 valence electrons. The number of morpholine rings is 1. The van der Waals surface area contributed by atoms with Gasteiger partial charge in [-0.2, -0.15) is 0 Å². The topological polar surface area (TPSA) is 49.8 Å². The SMILES string of the molecule is Cc1c(O)cccc1C(=O)N1CCOCC1. The number of carbonyl (C=O) groups is 1. The number of ether oxygens (including phenoxy) is 1. The lowest BCUT2D eigenvalue weighted by atomic mass is 10.1. The van der Waals surface area contributed by atoms with Gasteiger partial charge < -0.3 is 14.7 Å². The Morgan fingerprint density at radius 1 is 1.38 bits per heavy atom. The Morgan fingerprint density at radius 2 is 2.06 bits per heavy atom. The van der Waals surface area contributed by atoms with Crippen LogP contribution in [0.3, 0.4) is 0 Å². The standard InChI is InChI=1S/C12H15NO3/c1-9-10(3-2-4-11(9)14)12(15)13-5-7-16-8-6-13/h2-4,14H,5-8H2,1H3. The van der Waals surface area contributed by atoms with Crippen molar-refractivity contribution in [3.05, 3.63) is 29.3 Å².